The van der Waals surface area contributed by atoms with Gasteiger partial charge >= 0.3 is 12.1 Å². The third kappa shape index (κ3) is 8.56. The van der Waals surface area contributed by atoms with Gasteiger partial charge in [-0.25, -0.2) is 9.59 Å². The molecule has 5 N–H and O–H groups in total. The van der Waals surface area contributed by atoms with Gasteiger partial charge in [0.05, 0.1) is 19.8 Å². The summed E-state index contributed by atoms with van der Waals surface area (Å²) in [6.45, 7) is 1.97. The average Bonchev–Trinajstić information content (AvgIpc) is 3.22. The van der Waals surface area contributed by atoms with Gasteiger partial charge in [-0.05, 0) is 41.5 Å². The monoisotopic (exact) mass is 513 g/mol. The summed E-state index contributed by atoms with van der Waals surface area (Å²) in [5, 5.41) is 14.7. The van der Waals surface area contributed by atoms with E-state index in [1.165, 1.54) is 0 Å². The number of rotatable bonds is 16. The van der Waals surface area contributed by atoms with E-state index in [2.05, 4.69) is 10.6 Å². The van der Waals surface area contributed by atoms with Crippen LogP contribution in [0.1, 0.15) is 36.3 Å². The zero-order chi connectivity index (χ0) is 26.5. The average molecular weight is 514 g/mol. The van der Waals surface area contributed by atoms with Gasteiger partial charge in [0, 0.05) is 19.0 Å². The summed E-state index contributed by atoms with van der Waals surface area (Å²) < 4.78 is 15.8. The first-order valence-electron chi connectivity index (χ1n) is 12.5. The summed E-state index contributed by atoms with van der Waals surface area (Å²) in [7, 11) is 0. The van der Waals surface area contributed by atoms with Gasteiger partial charge in [-0.2, -0.15) is 0 Å². The second kappa shape index (κ2) is 14.9. The van der Waals surface area contributed by atoms with Crippen molar-refractivity contribution in [3.8, 4) is 11.1 Å². The van der Waals surface area contributed by atoms with Crippen molar-refractivity contribution in [2.75, 3.05) is 46.1 Å². The highest BCUT2D eigenvalue weighted by molar-refractivity contribution is 5.81. The first-order chi connectivity index (χ1) is 18.0. The van der Waals surface area contributed by atoms with Crippen LogP contribution >= 0.6 is 0 Å². The van der Waals surface area contributed by atoms with Gasteiger partial charge in [-0.3, -0.25) is 4.79 Å². The number of alkyl carbamates (subject to hydrolysis) is 1. The number of unbranched alkanes of at least 4 members (excludes halogenated alkanes) is 1. The Morgan fingerprint density at radius 1 is 0.919 bits per heavy atom. The van der Waals surface area contributed by atoms with Crippen LogP contribution in [0.4, 0.5) is 4.79 Å². The molecule has 2 aromatic carbocycles. The molecular weight excluding hydrogens is 478 g/mol. The number of nitrogens with one attached hydrogen (secondary N) is 2. The number of carbonyl (C=O) groups excluding carboxylic acids is 2. The Kier molecular flexibility index (Phi) is 11.3. The Bertz CT molecular complexity index is 1000. The van der Waals surface area contributed by atoms with Crippen molar-refractivity contribution in [1.29, 1.82) is 0 Å². The normalized spacial score (nSPS) is 12.9. The third-order valence-corrected chi connectivity index (χ3v) is 6.04. The van der Waals surface area contributed by atoms with Crippen molar-refractivity contribution in [2.45, 2.75) is 31.2 Å². The van der Waals surface area contributed by atoms with Crippen LogP contribution in [0.15, 0.2) is 48.5 Å². The highest BCUT2D eigenvalue weighted by Gasteiger charge is 2.29. The fraction of sp³-hybridized carbons (Fsp3) is 0.444. The van der Waals surface area contributed by atoms with E-state index < -0.39 is 18.1 Å². The summed E-state index contributed by atoms with van der Waals surface area (Å²) in [6.07, 6.45) is 0.496. The Labute approximate surface area is 216 Å². The van der Waals surface area contributed by atoms with E-state index in [9.17, 15) is 19.5 Å². The SMILES string of the molecule is NCCOCCOCC(=O)NCCCC[C@H](NC(=O)OCC1c2ccccc2-c2ccccc21)C(=O)O. The number of nitrogens with two attached hydrogens (primary N) is 1. The van der Waals surface area contributed by atoms with Crippen LogP contribution in [0.3, 0.4) is 0 Å². The minimum Gasteiger partial charge on any atom is -0.480 e. The zero-order valence-electron chi connectivity index (χ0n) is 20.8. The van der Waals surface area contributed by atoms with E-state index in [-0.39, 0.29) is 31.5 Å². The van der Waals surface area contributed by atoms with E-state index in [0.717, 1.165) is 22.3 Å². The van der Waals surface area contributed by atoms with E-state index in [1.807, 2.05) is 48.5 Å². The molecule has 37 heavy (non-hydrogen) atoms. The topological polar surface area (TPSA) is 149 Å². The molecule has 0 heterocycles. The Balaban J connectivity index is 1.35. The number of fused-ring (bicyclic) bond motifs is 3. The van der Waals surface area contributed by atoms with Gasteiger partial charge in [0.25, 0.3) is 0 Å². The lowest BCUT2D eigenvalue weighted by Crippen LogP contribution is -2.41. The van der Waals surface area contributed by atoms with Crippen molar-refractivity contribution in [3.63, 3.8) is 0 Å². The van der Waals surface area contributed by atoms with Crippen LogP contribution in [0.5, 0.6) is 0 Å². The number of aliphatic carboxylic acids is 1. The number of hydrogen-bond donors (Lipinski definition) is 4. The summed E-state index contributed by atoms with van der Waals surface area (Å²) in [4.78, 5) is 35.8. The number of hydrogen-bond acceptors (Lipinski definition) is 7. The van der Waals surface area contributed by atoms with Crippen molar-refractivity contribution in [2.24, 2.45) is 5.73 Å². The maximum absolute atomic E-state index is 12.4. The largest absolute Gasteiger partial charge is 0.480 e. The van der Waals surface area contributed by atoms with Gasteiger partial charge in [0.15, 0.2) is 0 Å². The maximum atomic E-state index is 12.4. The standard InChI is InChI=1S/C27H35N3O7/c28-12-14-35-15-16-36-18-25(31)29-13-6-5-11-24(26(32)33)30-27(34)37-17-23-21-9-3-1-7-19(21)20-8-2-4-10-22(20)23/h1-4,7-10,23-24H,5-6,11-18,28H2,(H,29,31)(H,30,34)(H,32,33)/t24-/m0/s1. The molecule has 0 saturated carbocycles. The van der Waals surface area contributed by atoms with Crippen LogP contribution in [0, 0.1) is 0 Å². The van der Waals surface area contributed by atoms with Gasteiger partial charge in [0.2, 0.25) is 5.91 Å². The Morgan fingerprint density at radius 2 is 1.57 bits per heavy atom. The molecule has 0 bridgehead atoms. The minimum atomic E-state index is -1.14. The van der Waals surface area contributed by atoms with Crippen molar-refractivity contribution < 1.29 is 33.7 Å². The van der Waals surface area contributed by atoms with E-state index in [0.29, 0.717) is 45.8 Å². The number of amides is 2. The Hall–Kier alpha value is -3.47. The van der Waals surface area contributed by atoms with Crippen LogP contribution in [0.25, 0.3) is 11.1 Å². The molecule has 0 radical (unpaired) electrons. The molecule has 0 aliphatic heterocycles. The quantitative estimate of drug-likeness (QED) is 0.250. The first-order valence-corrected chi connectivity index (χ1v) is 12.5. The highest BCUT2D eigenvalue weighted by Crippen LogP contribution is 2.44. The molecule has 0 spiro atoms. The van der Waals surface area contributed by atoms with Crippen molar-refractivity contribution >= 4 is 18.0 Å². The van der Waals surface area contributed by atoms with Crippen LogP contribution in [-0.4, -0.2) is 75.2 Å². The van der Waals surface area contributed by atoms with E-state index >= 15 is 0 Å². The van der Waals surface area contributed by atoms with Crippen LogP contribution < -0.4 is 16.4 Å². The molecule has 10 nitrogen and oxygen atoms in total. The van der Waals surface area contributed by atoms with E-state index in [1.54, 1.807) is 0 Å². The molecule has 0 aromatic heterocycles. The van der Waals surface area contributed by atoms with Crippen LogP contribution in [0.2, 0.25) is 0 Å². The molecule has 200 valence electrons. The second-order valence-electron chi connectivity index (χ2n) is 8.66. The molecule has 0 fully saturated rings. The molecular formula is C27H35N3O7. The molecule has 2 aromatic rings. The van der Waals surface area contributed by atoms with Crippen molar-refractivity contribution in [3.05, 3.63) is 59.7 Å². The highest BCUT2D eigenvalue weighted by atomic mass is 16.5. The third-order valence-electron chi connectivity index (χ3n) is 6.04. The first kappa shape index (κ1) is 28.1. The maximum Gasteiger partial charge on any atom is 0.407 e. The van der Waals surface area contributed by atoms with Gasteiger partial charge in [-0.1, -0.05) is 48.5 Å². The summed E-state index contributed by atoms with van der Waals surface area (Å²) >= 11 is 0. The van der Waals surface area contributed by atoms with E-state index in [4.69, 9.17) is 19.9 Å². The number of ether oxygens (including phenoxy) is 3. The molecule has 1 aliphatic rings. The number of benzene rings is 2. The number of carboxylic acid groups (broad SMARTS) is 1. The van der Waals surface area contributed by atoms with Gasteiger partial charge in [-0.15, -0.1) is 0 Å². The van der Waals surface area contributed by atoms with Crippen LogP contribution in [-0.2, 0) is 23.8 Å². The van der Waals surface area contributed by atoms with Gasteiger partial charge < -0.3 is 35.7 Å². The van der Waals surface area contributed by atoms with Gasteiger partial charge in [0.1, 0.15) is 19.3 Å². The fourth-order valence-corrected chi connectivity index (χ4v) is 4.26. The number of carboxylic acids is 1. The smallest absolute Gasteiger partial charge is 0.407 e. The molecule has 0 unspecified atom stereocenters. The fourth-order valence-electron chi connectivity index (χ4n) is 4.26. The molecule has 2 amide bonds. The summed E-state index contributed by atoms with van der Waals surface area (Å²) in [5.41, 5.74) is 9.70. The molecule has 1 atom stereocenters. The lowest BCUT2D eigenvalue weighted by Gasteiger charge is -2.17. The summed E-state index contributed by atoms with van der Waals surface area (Å²) in [6, 6.07) is 14.9. The lowest BCUT2D eigenvalue weighted by atomic mass is 9.98. The number of carbonyl (C=O) groups is 3. The predicted octanol–water partition coefficient (Wildman–Crippen LogP) is 2.26. The van der Waals surface area contributed by atoms with Crippen molar-refractivity contribution in [1.82, 2.24) is 10.6 Å². The zero-order valence-corrected chi connectivity index (χ0v) is 20.8. The minimum absolute atomic E-state index is 0.0763. The Morgan fingerprint density at radius 3 is 2.22 bits per heavy atom. The molecule has 1 aliphatic carbocycles. The lowest BCUT2D eigenvalue weighted by molar-refractivity contribution is -0.139. The second-order valence-corrected chi connectivity index (χ2v) is 8.66. The molecule has 0 saturated heterocycles. The molecule has 3 rings (SSSR count). The molecule has 10 heteroatoms. The predicted molar refractivity (Wildman–Crippen MR) is 137 cm³/mol. The summed E-state index contributed by atoms with van der Waals surface area (Å²) in [5.74, 6) is -1.50.